The van der Waals surface area contributed by atoms with E-state index < -0.39 is 0 Å². The van der Waals surface area contributed by atoms with E-state index in [2.05, 4.69) is 99.0 Å². The zero-order valence-electron chi connectivity index (χ0n) is 14.8. The Hall–Kier alpha value is -2.54. The van der Waals surface area contributed by atoms with Gasteiger partial charge in [0.1, 0.15) is 0 Å². The summed E-state index contributed by atoms with van der Waals surface area (Å²) in [5.74, 6) is 0. The fraction of sp³-hybridized carbons (Fsp3) is 0.217. The van der Waals surface area contributed by atoms with Crippen molar-refractivity contribution in [2.24, 2.45) is 0 Å². The van der Waals surface area contributed by atoms with Crippen LogP contribution in [0.2, 0.25) is 0 Å². The summed E-state index contributed by atoms with van der Waals surface area (Å²) in [5, 5.41) is 2.66. The van der Waals surface area contributed by atoms with Crippen LogP contribution in [0.15, 0.2) is 66.7 Å². The highest BCUT2D eigenvalue weighted by Gasteiger charge is 2.24. The molecule has 0 atom stereocenters. The fourth-order valence-electron chi connectivity index (χ4n) is 3.95. The van der Waals surface area contributed by atoms with Crippen molar-refractivity contribution in [2.45, 2.75) is 33.1 Å². The minimum atomic E-state index is 0.0878. The lowest BCUT2D eigenvalue weighted by atomic mass is 9.82. The van der Waals surface area contributed by atoms with Gasteiger partial charge in [0.15, 0.2) is 0 Å². The molecule has 1 nitrogen and oxygen atoms in total. The lowest BCUT2D eigenvalue weighted by molar-refractivity contribution is 0.590. The van der Waals surface area contributed by atoms with Gasteiger partial charge in [-0.25, -0.2) is 0 Å². The van der Waals surface area contributed by atoms with Crippen molar-refractivity contribution < 1.29 is 0 Å². The molecule has 0 fully saturated rings. The second-order valence-electron chi connectivity index (χ2n) is 7.59. The summed E-state index contributed by atoms with van der Waals surface area (Å²) >= 11 is 0. The molecule has 0 aliphatic carbocycles. The summed E-state index contributed by atoms with van der Waals surface area (Å²) in [6.07, 6.45) is 0. The Balaban J connectivity index is 2.29. The third-order valence-corrected chi connectivity index (χ3v) is 4.81. The smallest absolute Gasteiger partial charge is 0.0581 e. The summed E-state index contributed by atoms with van der Waals surface area (Å²) in [7, 11) is 0. The molecule has 0 bridgehead atoms. The van der Waals surface area contributed by atoms with Crippen LogP contribution >= 0.6 is 0 Å². The van der Waals surface area contributed by atoms with Gasteiger partial charge in [-0.15, -0.1) is 0 Å². The van der Waals surface area contributed by atoms with Crippen molar-refractivity contribution in [1.29, 1.82) is 0 Å². The molecule has 0 radical (unpaired) electrons. The maximum atomic E-state index is 2.43. The van der Waals surface area contributed by atoms with E-state index in [1.54, 1.807) is 0 Å². The van der Waals surface area contributed by atoms with Crippen molar-refractivity contribution in [3.63, 3.8) is 0 Å². The SMILES string of the molecule is Cc1ccc2c3ccccc3n(-c3ccccc3)c2c1C(C)(C)C. The predicted octanol–water partition coefficient (Wildman–Crippen LogP) is 6.39. The maximum absolute atomic E-state index is 2.43. The van der Waals surface area contributed by atoms with Gasteiger partial charge in [0, 0.05) is 16.5 Å². The van der Waals surface area contributed by atoms with Crippen LogP contribution < -0.4 is 0 Å². The van der Waals surface area contributed by atoms with Crippen molar-refractivity contribution in [2.75, 3.05) is 0 Å². The molecule has 4 aromatic rings. The number of fused-ring (bicyclic) bond motifs is 3. The third-order valence-electron chi connectivity index (χ3n) is 4.81. The van der Waals surface area contributed by atoms with Gasteiger partial charge in [0.05, 0.1) is 11.0 Å². The van der Waals surface area contributed by atoms with E-state index in [-0.39, 0.29) is 5.41 Å². The molecule has 0 aliphatic heterocycles. The lowest BCUT2D eigenvalue weighted by Crippen LogP contribution is -2.15. The first-order valence-corrected chi connectivity index (χ1v) is 8.57. The van der Waals surface area contributed by atoms with Crippen molar-refractivity contribution in [3.05, 3.63) is 77.9 Å². The van der Waals surface area contributed by atoms with Crippen LogP contribution in [0.25, 0.3) is 27.5 Å². The van der Waals surface area contributed by atoms with Gasteiger partial charge in [-0.05, 0) is 41.7 Å². The molecule has 0 N–H and O–H groups in total. The molecule has 0 aliphatic rings. The quantitative estimate of drug-likeness (QED) is 0.384. The average molecular weight is 313 g/mol. The van der Waals surface area contributed by atoms with E-state index in [1.165, 1.54) is 38.6 Å². The fourth-order valence-corrected chi connectivity index (χ4v) is 3.95. The Kier molecular flexibility index (Phi) is 3.28. The Labute approximate surface area is 143 Å². The van der Waals surface area contributed by atoms with Crippen molar-refractivity contribution in [1.82, 2.24) is 4.57 Å². The lowest BCUT2D eigenvalue weighted by Gasteiger charge is -2.24. The molecule has 0 unspecified atom stereocenters. The Morgan fingerprint density at radius 2 is 1.38 bits per heavy atom. The minimum Gasteiger partial charge on any atom is -0.309 e. The van der Waals surface area contributed by atoms with Crippen LogP contribution in [0.5, 0.6) is 0 Å². The molecular weight excluding hydrogens is 290 g/mol. The van der Waals surface area contributed by atoms with Crippen LogP contribution in [0, 0.1) is 6.92 Å². The Morgan fingerprint density at radius 3 is 2.08 bits per heavy atom. The average Bonchev–Trinajstić information content (AvgIpc) is 2.88. The van der Waals surface area contributed by atoms with Gasteiger partial charge < -0.3 is 4.57 Å². The number of hydrogen-bond acceptors (Lipinski definition) is 0. The monoisotopic (exact) mass is 313 g/mol. The molecule has 1 heteroatoms. The van der Waals surface area contributed by atoms with Crippen LogP contribution in [0.4, 0.5) is 0 Å². The number of rotatable bonds is 1. The standard InChI is InChI=1S/C23H23N/c1-16-14-15-19-18-12-8-9-13-20(18)24(17-10-6-5-7-11-17)22(19)21(16)23(2,3)4/h5-15H,1-4H3. The summed E-state index contributed by atoms with van der Waals surface area (Å²) in [6, 6.07) is 24.0. The first-order chi connectivity index (χ1) is 11.5. The van der Waals surface area contributed by atoms with Gasteiger partial charge in [-0.3, -0.25) is 0 Å². The number of hydrogen-bond donors (Lipinski definition) is 0. The Morgan fingerprint density at radius 1 is 0.708 bits per heavy atom. The topological polar surface area (TPSA) is 4.93 Å². The van der Waals surface area contributed by atoms with Gasteiger partial charge >= 0.3 is 0 Å². The summed E-state index contributed by atoms with van der Waals surface area (Å²) in [5.41, 5.74) is 6.71. The van der Waals surface area contributed by atoms with E-state index in [0.29, 0.717) is 0 Å². The van der Waals surface area contributed by atoms with Crippen LogP contribution in [-0.2, 0) is 5.41 Å². The number of para-hydroxylation sites is 2. The molecule has 1 heterocycles. The van der Waals surface area contributed by atoms with Crippen LogP contribution in [0.1, 0.15) is 31.9 Å². The largest absolute Gasteiger partial charge is 0.309 e. The highest BCUT2D eigenvalue weighted by molar-refractivity contribution is 6.10. The van der Waals surface area contributed by atoms with E-state index in [4.69, 9.17) is 0 Å². The zero-order chi connectivity index (χ0) is 16.9. The highest BCUT2D eigenvalue weighted by atomic mass is 15.0. The molecule has 0 amide bonds. The number of aryl methyl sites for hydroxylation is 1. The third kappa shape index (κ3) is 2.16. The second-order valence-corrected chi connectivity index (χ2v) is 7.59. The zero-order valence-corrected chi connectivity index (χ0v) is 14.8. The maximum Gasteiger partial charge on any atom is 0.0581 e. The number of aromatic nitrogens is 1. The minimum absolute atomic E-state index is 0.0878. The molecule has 4 rings (SSSR count). The van der Waals surface area contributed by atoms with Gasteiger partial charge in [0.25, 0.3) is 0 Å². The molecule has 0 saturated carbocycles. The van der Waals surface area contributed by atoms with Crippen LogP contribution in [0.3, 0.4) is 0 Å². The van der Waals surface area contributed by atoms with Gasteiger partial charge in [0.2, 0.25) is 0 Å². The van der Waals surface area contributed by atoms with Crippen molar-refractivity contribution in [3.8, 4) is 5.69 Å². The van der Waals surface area contributed by atoms with E-state index in [0.717, 1.165) is 0 Å². The first-order valence-electron chi connectivity index (χ1n) is 8.57. The van der Waals surface area contributed by atoms with Crippen molar-refractivity contribution >= 4 is 21.8 Å². The summed E-state index contributed by atoms with van der Waals surface area (Å²) in [6.45, 7) is 9.15. The summed E-state index contributed by atoms with van der Waals surface area (Å²) < 4.78 is 2.43. The molecule has 120 valence electrons. The second kappa shape index (κ2) is 5.24. The molecule has 0 spiro atoms. The van der Waals surface area contributed by atoms with E-state index in [1.807, 2.05) is 0 Å². The number of nitrogens with zero attached hydrogens (tertiary/aromatic N) is 1. The van der Waals surface area contributed by atoms with Gasteiger partial charge in [-0.1, -0.05) is 69.3 Å². The Bertz CT molecular complexity index is 1030. The van der Waals surface area contributed by atoms with Gasteiger partial charge in [-0.2, -0.15) is 0 Å². The molecule has 3 aromatic carbocycles. The predicted molar refractivity (Wildman–Crippen MR) is 104 cm³/mol. The summed E-state index contributed by atoms with van der Waals surface area (Å²) in [4.78, 5) is 0. The first kappa shape index (κ1) is 15.0. The van der Waals surface area contributed by atoms with E-state index in [9.17, 15) is 0 Å². The van der Waals surface area contributed by atoms with Crippen LogP contribution in [-0.4, -0.2) is 4.57 Å². The molecular formula is C23H23N. The number of benzene rings is 3. The molecule has 24 heavy (non-hydrogen) atoms. The van der Waals surface area contributed by atoms with E-state index >= 15 is 0 Å². The molecule has 0 saturated heterocycles. The molecule has 1 aromatic heterocycles. The highest BCUT2D eigenvalue weighted by Crippen LogP contribution is 2.39. The normalized spacial score (nSPS) is 12.2.